The molecule has 0 aromatic heterocycles. The molecule has 1 unspecified atom stereocenters. The zero-order valence-corrected chi connectivity index (χ0v) is 7.99. The van der Waals surface area contributed by atoms with Gasteiger partial charge in [0.05, 0.1) is 6.61 Å². The second-order valence-corrected chi connectivity index (χ2v) is 3.28. The van der Waals surface area contributed by atoms with Crippen molar-refractivity contribution in [3.63, 3.8) is 0 Å². The first-order valence-electron chi connectivity index (χ1n) is 3.49. The summed E-state index contributed by atoms with van der Waals surface area (Å²) in [6, 6.07) is 7.46. The molecule has 12 heavy (non-hydrogen) atoms. The summed E-state index contributed by atoms with van der Waals surface area (Å²) < 4.78 is 0.940. The molecule has 1 atom stereocenters. The lowest BCUT2D eigenvalue weighted by Crippen LogP contribution is -2.12. The Bertz CT molecular complexity index is 251. The summed E-state index contributed by atoms with van der Waals surface area (Å²) in [4.78, 5) is 4.57. The maximum absolute atomic E-state index is 8.85. The third-order valence-corrected chi connectivity index (χ3v) is 2.04. The number of aliphatic hydroxyl groups is 1. The van der Waals surface area contributed by atoms with Crippen LogP contribution < -0.4 is 5.90 Å². The van der Waals surface area contributed by atoms with Crippen LogP contribution in [0.1, 0.15) is 11.7 Å². The SMILES string of the molecule is NOC(CO)c1cccc(Br)c1. The fourth-order valence-corrected chi connectivity index (χ4v) is 1.35. The molecule has 0 radical (unpaired) electrons. The van der Waals surface area contributed by atoms with Gasteiger partial charge in [0.2, 0.25) is 0 Å². The summed E-state index contributed by atoms with van der Waals surface area (Å²) in [5.74, 6) is 4.99. The van der Waals surface area contributed by atoms with E-state index in [1.54, 1.807) is 0 Å². The van der Waals surface area contributed by atoms with Crippen LogP contribution in [0.15, 0.2) is 28.7 Å². The summed E-state index contributed by atoms with van der Waals surface area (Å²) in [5, 5.41) is 8.85. The number of rotatable bonds is 3. The van der Waals surface area contributed by atoms with Crippen molar-refractivity contribution in [2.75, 3.05) is 6.61 Å². The fourth-order valence-electron chi connectivity index (χ4n) is 0.934. The molecule has 4 heteroatoms. The molecule has 1 rings (SSSR count). The van der Waals surface area contributed by atoms with Crippen LogP contribution in [-0.4, -0.2) is 11.7 Å². The first-order chi connectivity index (χ1) is 5.77. The molecule has 0 spiro atoms. The Labute approximate surface area is 79.2 Å². The summed E-state index contributed by atoms with van der Waals surface area (Å²) in [5.41, 5.74) is 0.856. The zero-order chi connectivity index (χ0) is 8.97. The normalized spacial score (nSPS) is 12.9. The van der Waals surface area contributed by atoms with E-state index in [-0.39, 0.29) is 6.61 Å². The lowest BCUT2D eigenvalue weighted by atomic mass is 10.1. The largest absolute Gasteiger partial charge is 0.393 e. The Morgan fingerprint density at radius 3 is 2.83 bits per heavy atom. The number of benzene rings is 1. The van der Waals surface area contributed by atoms with Crippen LogP contribution in [0.3, 0.4) is 0 Å². The summed E-state index contributed by atoms with van der Waals surface area (Å²) in [6.45, 7) is -0.118. The van der Waals surface area contributed by atoms with Gasteiger partial charge in [0.25, 0.3) is 0 Å². The van der Waals surface area contributed by atoms with Crippen molar-refractivity contribution in [2.24, 2.45) is 5.90 Å². The van der Waals surface area contributed by atoms with E-state index < -0.39 is 6.10 Å². The van der Waals surface area contributed by atoms with Gasteiger partial charge in [0, 0.05) is 4.47 Å². The molecular formula is C8H10BrNO2. The zero-order valence-electron chi connectivity index (χ0n) is 6.40. The van der Waals surface area contributed by atoms with Gasteiger partial charge in [0.15, 0.2) is 0 Å². The van der Waals surface area contributed by atoms with E-state index in [0.29, 0.717) is 0 Å². The van der Waals surface area contributed by atoms with E-state index in [1.165, 1.54) is 0 Å². The average molecular weight is 232 g/mol. The van der Waals surface area contributed by atoms with Gasteiger partial charge < -0.3 is 5.11 Å². The Morgan fingerprint density at radius 2 is 2.33 bits per heavy atom. The van der Waals surface area contributed by atoms with Gasteiger partial charge >= 0.3 is 0 Å². The third-order valence-electron chi connectivity index (χ3n) is 1.55. The maximum Gasteiger partial charge on any atom is 0.127 e. The molecule has 0 amide bonds. The standard InChI is InChI=1S/C8H10BrNO2/c9-7-3-1-2-6(4-7)8(5-11)12-10/h1-4,8,11H,5,10H2. The Morgan fingerprint density at radius 1 is 1.58 bits per heavy atom. The topological polar surface area (TPSA) is 55.5 Å². The number of halogens is 1. The molecule has 0 aliphatic rings. The van der Waals surface area contributed by atoms with Crippen molar-refractivity contribution in [2.45, 2.75) is 6.10 Å². The Kier molecular flexibility index (Phi) is 3.68. The number of aliphatic hydroxyl groups excluding tert-OH is 1. The fraction of sp³-hybridized carbons (Fsp3) is 0.250. The van der Waals surface area contributed by atoms with Crippen LogP contribution in [0.4, 0.5) is 0 Å². The molecule has 1 aromatic rings. The van der Waals surface area contributed by atoms with Crippen molar-refractivity contribution < 1.29 is 9.94 Å². The van der Waals surface area contributed by atoms with Gasteiger partial charge in [0.1, 0.15) is 6.10 Å². The third kappa shape index (κ3) is 2.28. The monoisotopic (exact) mass is 231 g/mol. The van der Waals surface area contributed by atoms with Crippen molar-refractivity contribution in [1.29, 1.82) is 0 Å². The number of hydrogen-bond acceptors (Lipinski definition) is 3. The minimum atomic E-state index is -0.442. The van der Waals surface area contributed by atoms with Crippen molar-refractivity contribution in [3.8, 4) is 0 Å². The van der Waals surface area contributed by atoms with E-state index >= 15 is 0 Å². The highest BCUT2D eigenvalue weighted by Crippen LogP contribution is 2.19. The van der Waals surface area contributed by atoms with Crippen LogP contribution >= 0.6 is 15.9 Å². The first kappa shape index (κ1) is 9.67. The number of nitrogens with two attached hydrogens (primary N) is 1. The molecule has 0 saturated carbocycles. The second-order valence-electron chi connectivity index (χ2n) is 2.36. The predicted molar refractivity (Wildman–Crippen MR) is 49.2 cm³/mol. The molecule has 3 N–H and O–H groups in total. The van der Waals surface area contributed by atoms with Crippen molar-refractivity contribution in [3.05, 3.63) is 34.3 Å². The Hall–Kier alpha value is -0.420. The van der Waals surface area contributed by atoms with Crippen LogP contribution in [0, 0.1) is 0 Å². The molecule has 3 nitrogen and oxygen atoms in total. The highest BCUT2D eigenvalue weighted by atomic mass is 79.9. The van der Waals surface area contributed by atoms with Gasteiger partial charge in [-0.2, -0.15) is 0 Å². The molecule has 0 aliphatic carbocycles. The number of hydrogen-bond donors (Lipinski definition) is 2. The molecule has 0 fully saturated rings. The maximum atomic E-state index is 8.85. The second kappa shape index (κ2) is 4.57. The Balaban J connectivity index is 2.85. The molecule has 0 bridgehead atoms. The van der Waals surface area contributed by atoms with Gasteiger partial charge in [-0.15, -0.1) is 0 Å². The van der Waals surface area contributed by atoms with Gasteiger partial charge in [-0.25, -0.2) is 5.90 Å². The molecule has 0 heterocycles. The summed E-state index contributed by atoms with van der Waals surface area (Å²) in [7, 11) is 0. The molecule has 1 aromatic carbocycles. The lowest BCUT2D eigenvalue weighted by molar-refractivity contribution is 0.0108. The highest BCUT2D eigenvalue weighted by Gasteiger charge is 2.08. The van der Waals surface area contributed by atoms with Crippen LogP contribution in [-0.2, 0) is 4.84 Å². The minimum Gasteiger partial charge on any atom is -0.393 e. The van der Waals surface area contributed by atoms with E-state index in [4.69, 9.17) is 11.0 Å². The van der Waals surface area contributed by atoms with E-state index in [1.807, 2.05) is 24.3 Å². The predicted octanol–water partition coefficient (Wildman–Crippen LogP) is 1.37. The van der Waals surface area contributed by atoms with Crippen molar-refractivity contribution >= 4 is 15.9 Å². The molecule has 66 valence electrons. The first-order valence-corrected chi connectivity index (χ1v) is 4.29. The van der Waals surface area contributed by atoms with E-state index in [2.05, 4.69) is 20.8 Å². The summed E-state index contributed by atoms with van der Waals surface area (Å²) in [6.07, 6.45) is -0.442. The average Bonchev–Trinajstić information content (AvgIpc) is 2.07. The highest BCUT2D eigenvalue weighted by molar-refractivity contribution is 9.10. The minimum absolute atomic E-state index is 0.118. The van der Waals surface area contributed by atoms with Gasteiger partial charge in [-0.05, 0) is 17.7 Å². The quantitative estimate of drug-likeness (QED) is 0.774. The smallest absolute Gasteiger partial charge is 0.127 e. The molecule has 0 aliphatic heterocycles. The van der Waals surface area contributed by atoms with Crippen LogP contribution in [0.25, 0.3) is 0 Å². The lowest BCUT2D eigenvalue weighted by Gasteiger charge is -2.11. The van der Waals surface area contributed by atoms with Crippen LogP contribution in [0.5, 0.6) is 0 Å². The summed E-state index contributed by atoms with van der Waals surface area (Å²) >= 11 is 3.31. The van der Waals surface area contributed by atoms with Crippen molar-refractivity contribution in [1.82, 2.24) is 0 Å². The molecular weight excluding hydrogens is 222 g/mol. The van der Waals surface area contributed by atoms with E-state index in [0.717, 1.165) is 10.0 Å². The van der Waals surface area contributed by atoms with Crippen LogP contribution in [0.2, 0.25) is 0 Å². The van der Waals surface area contributed by atoms with E-state index in [9.17, 15) is 0 Å². The molecule has 0 saturated heterocycles. The van der Waals surface area contributed by atoms with Gasteiger partial charge in [-0.3, -0.25) is 4.84 Å². The van der Waals surface area contributed by atoms with Gasteiger partial charge in [-0.1, -0.05) is 28.1 Å².